The first-order valence-corrected chi connectivity index (χ1v) is 11.0. The second-order valence-corrected chi connectivity index (χ2v) is 7.91. The van der Waals surface area contributed by atoms with Crippen molar-refractivity contribution >= 4 is 23.6 Å². The van der Waals surface area contributed by atoms with Gasteiger partial charge in [-0.25, -0.2) is 9.59 Å². The lowest BCUT2D eigenvalue weighted by molar-refractivity contribution is -0.139. The van der Waals surface area contributed by atoms with Gasteiger partial charge in [-0.15, -0.1) is 0 Å². The monoisotopic (exact) mass is 434 g/mol. The first-order valence-electron chi connectivity index (χ1n) is 10.7. The Labute approximate surface area is 183 Å². The van der Waals surface area contributed by atoms with Crippen LogP contribution in [0.4, 0.5) is 4.79 Å². The van der Waals surface area contributed by atoms with Crippen molar-refractivity contribution in [2.45, 2.75) is 26.8 Å². The number of amides is 2. The van der Waals surface area contributed by atoms with Crippen molar-refractivity contribution in [3.05, 3.63) is 46.1 Å². The van der Waals surface area contributed by atoms with Gasteiger partial charge in [-0.2, -0.15) is 0 Å². The first-order chi connectivity index (χ1) is 14.5. The number of carbonyl (C=O) groups excluding carboxylic acids is 2. The van der Waals surface area contributed by atoms with Gasteiger partial charge in [0, 0.05) is 50.0 Å². The van der Waals surface area contributed by atoms with Crippen LogP contribution in [0.2, 0.25) is 5.02 Å². The highest BCUT2D eigenvalue weighted by molar-refractivity contribution is 6.30. The molecular formula is C22H31ClN4O3. The van der Waals surface area contributed by atoms with Gasteiger partial charge < -0.3 is 15.0 Å². The van der Waals surface area contributed by atoms with Gasteiger partial charge in [-0.3, -0.25) is 9.80 Å². The van der Waals surface area contributed by atoms with E-state index < -0.39 is 12.0 Å². The number of nitrogens with zero attached hydrogens (tertiary/aromatic N) is 3. The Morgan fingerprint density at radius 3 is 2.43 bits per heavy atom. The molecule has 2 amide bonds. The molecule has 0 aromatic heterocycles. The molecular weight excluding hydrogens is 404 g/mol. The molecule has 0 spiro atoms. The van der Waals surface area contributed by atoms with Crippen LogP contribution in [0, 0.1) is 0 Å². The molecule has 1 atom stereocenters. The van der Waals surface area contributed by atoms with Crippen LogP contribution < -0.4 is 5.32 Å². The Morgan fingerprint density at radius 1 is 1.13 bits per heavy atom. The van der Waals surface area contributed by atoms with Gasteiger partial charge >= 0.3 is 12.0 Å². The van der Waals surface area contributed by atoms with Gasteiger partial charge in [0.25, 0.3) is 0 Å². The van der Waals surface area contributed by atoms with Crippen molar-refractivity contribution in [3.8, 4) is 0 Å². The number of likely N-dealkylation sites (N-methyl/N-ethyl adjacent to an activating group) is 2. The van der Waals surface area contributed by atoms with Crippen LogP contribution in [-0.2, 0) is 9.53 Å². The minimum atomic E-state index is -0.593. The molecule has 2 aliphatic heterocycles. The van der Waals surface area contributed by atoms with E-state index in [1.807, 2.05) is 19.1 Å². The lowest BCUT2D eigenvalue weighted by Gasteiger charge is -2.40. The molecule has 8 heteroatoms. The molecule has 1 aromatic rings. The molecule has 2 aliphatic rings. The zero-order valence-electron chi connectivity index (χ0n) is 18.0. The van der Waals surface area contributed by atoms with Crippen molar-refractivity contribution in [2.24, 2.45) is 0 Å². The fourth-order valence-corrected chi connectivity index (χ4v) is 4.27. The molecule has 164 valence electrons. The second kappa shape index (κ2) is 10.3. The normalized spacial score (nSPS) is 21.0. The molecule has 7 nitrogen and oxygen atoms in total. The van der Waals surface area contributed by atoms with E-state index in [0.29, 0.717) is 23.7 Å². The van der Waals surface area contributed by atoms with Crippen LogP contribution in [0.1, 0.15) is 32.4 Å². The summed E-state index contributed by atoms with van der Waals surface area (Å²) in [5.74, 6) is -0.400. The third-order valence-electron chi connectivity index (χ3n) is 5.72. The van der Waals surface area contributed by atoms with E-state index in [1.54, 1.807) is 24.0 Å². The summed E-state index contributed by atoms with van der Waals surface area (Å²) in [6.07, 6.45) is 0. The van der Waals surface area contributed by atoms with Gasteiger partial charge in [0.05, 0.1) is 18.2 Å². The number of carbonyl (C=O) groups is 2. The van der Waals surface area contributed by atoms with Gasteiger partial charge in [0.1, 0.15) is 0 Å². The summed E-state index contributed by atoms with van der Waals surface area (Å²) in [4.78, 5) is 32.4. The highest BCUT2D eigenvalue weighted by Crippen LogP contribution is 2.33. The lowest BCUT2D eigenvalue weighted by Crippen LogP contribution is -2.53. The Bertz CT molecular complexity index is 805. The standard InChI is InChI=1S/C22H31ClN4O3/c1-4-25-10-12-26(13-11-25)15-18-19(21(28)30-6-3)20(24-22(29)27(18)5-2)16-8-7-9-17(23)14-16/h7-9,14,20H,4-6,10-13,15H2,1-3H3,(H,24,29)/t20-/m1/s1. The molecule has 30 heavy (non-hydrogen) atoms. The van der Waals surface area contributed by atoms with E-state index in [0.717, 1.165) is 44.0 Å². The van der Waals surface area contributed by atoms with Crippen molar-refractivity contribution in [1.29, 1.82) is 0 Å². The Balaban J connectivity index is 2.01. The van der Waals surface area contributed by atoms with Crippen LogP contribution in [0.15, 0.2) is 35.5 Å². The molecule has 1 fully saturated rings. The quantitative estimate of drug-likeness (QED) is 0.668. The molecule has 1 N–H and O–H groups in total. The average molecular weight is 435 g/mol. The Morgan fingerprint density at radius 2 is 1.83 bits per heavy atom. The van der Waals surface area contributed by atoms with Crippen LogP contribution >= 0.6 is 11.6 Å². The van der Waals surface area contributed by atoms with Crippen molar-refractivity contribution in [3.63, 3.8) is 0 Å². The van der Waals surface area contributed by atoms with E-state index in [1.165, 1.54) is 0 Å². The zero-order valence-corrected chi connectivity index (χ0v) is 18.7. The molecule has 0 unspecified atom stereocenters. The average Bonchev–Trinajstić information content (AvgIpc) is 2.74. The maximum Gasteiger partial charge on any atom is 0.338 e. The maximum atomic E-state index is 13.1. The van der Waals surface area contributed by atoms with E-state index in [9.17, 15) is 9.59 Å². The summed E-state index contributed by atoms with van der Waals surface area (Å²) >= 11 is 6.20. The fourth-order valence-electron chi connectivity index (χ4n) is 4.07. The number of nitrogens with one attached hydrogen (secondary N) is 1. The number of ether oxygens (including phenoxy) is 1. The Hall–Kier alpha value is -2.09. The van der Waals surface area contributed by atoms with Crippen molar-refractivity contribution < 1.29 is 14.3 Å². The topological polar surface area (TPSA) is 65.1 Å². The van der Waals surface area contributed by atoms with Gasteiger partial charge in [-0.05, 0) is 38.1 Å². The number of rotatable bonds is 7. The summed E-state index contributed by atoms with van der Waals surface area (Å²) in [6, 6.07) is 6.45. The lowest BCUT2D eigenvalue weighted by atomic mass is 9.94. The van der Waals surface area contributed by atoms with Gasteiger partial charge in [0.2, 0.25) is 0 Å². The van der Waals surface area contributed by atoms with E-state index >= 15 is 0 Å². The smallest absolute Gasteiger partial charge is 0.338 e. The van der Waals surface area contributed by atoms with Crippen molar-refractivity contribution in [2.75, 3.05) is 52.4 Å². The first kappa shape index (κ1) is 22.6. The molecule has 2 heterocycles. The predicted octanol–water partition coefficient (Wildman–Crippen LogP) is 2.88. The molecule has 0 radical (unpaired) electrons. The largest absolute Gasteiger partial charge is 0.463 e. The highest BCUT2D eigenvalue weighted by Gasteiger charge is 2.38. The summed E-state index contributed by atoms with van der Waals surface area (Å²) in [7, 11) is 0. The second-order valence-electron chi connectivity index (χ2n) is 7.47. The number of urea groups is 1. The van der Waals surface area contributed by atoms with E-state index in [-0.39, 0.29) is 12.6 Å². The molecule has 1 aromatic carbocycles. The third-order valence-corrected chi connectivity index (χ3v) is 5.95. The number of esters is 1. The fraction of sp³-hybridized carbons (Fsp3) is 0.545. The SMILES string of the molecule is CCOC(=O)C1=C(CN2CCN(CC)CC2)N(CC)C(=O)N[C@@H]1c1cccc(Cl)c1. The highest BCUT2D eigenvalue weighted by atomic mass is 35.5. The van der Waals surface area contributed by atoms with Crippen LogP contribution in [0.5, 0.6) is 0 Å². The molecule has 0 saturated carbocycles. The summed E-state index contributed by atoms with van der Waals surface area (Å²) in [5.41, 5.74) is 1.97. The van der Waals surface area contributed by atoms with E-state index in [4.69, 9.17) is 16.3 Å². The minimum Gasteiger partial charge on any atom is -0.463 e. The van der Waals surface area contributed by atoms with Crippen LogP contribution in [0.25, 0.3) is 0 Å². The van der Waals surface area contributed by atoms with Gasteiger partial charge in [-0.1, -0.05) is 30.7 Å². The third kappa shape index (κ3) is 4.96. The minimum absolute atomic E-state index is 0.210. The number of halogens is 1. The number of piperazine rings is 1. The molecule has 1 saturated heterocycles. The molecule has 3 rings (SSSR count). The van der Waals surface area contributed by atoms with Crippen LogP contribution in [0.3, 0.4) is 0 Å². The summed E-state index contributed by atoms with van der Waals surface area (Å²) in [6.45, 7) is 11.9. The summed E-state index contributed by atoms with van der Waals surface area (Å²) < 4.78 is 5.41. The Kier molecular flexibility index (Phi) is 7.75. The van der Waals surface area contributed by atoms with Gasteiger partial charge in [0.15, 0.2) is 0 Å². The summed E-state index contributed by atoms with van der Waals surface area (Å²) in [5, 5.41) is 3.53. The number of hydrogen-bond donors (Lipinski definition) is 1. The number of hydrogen-bond acceptors (Lipinski definition) is 5. The molecule has 0 aliphatic carbocycles. The zero-order chi connectivity index (χ0) is 21.7. The van der Waals surface area contributed by atoms with E-state index in [2.05, 4.69) is 22.0 Å². The maximum absolute atomic E-state index is 13.1. The number of benzene rings is 1. The molecule has 0 bridgehead atoms. The predicted molar refractivity (Wildman–Crippen MR) is 117 cm³/mol. The van der Waals surface area contributed by atoms with Crippen molar-refractivity contribution in [1.82, 2.24) is 20.0 Å². The van der Waals surface area contributed by atoms with Crippen LogP contribution in [-0.4, -0.2) is 79.1 Å².